The average molecular weight is 399 g/mol. The van der Waals surface area contributed by atoms with Crippen molar-refractivity contribution in [2.75, 3.05) is 5.32 Å². The lowest BCUT2D eigenvalue weighted by Gasteiger charge is -2.06. The molecule has 0 atom stereocenters. The molecule has 4 rings (SSSR count). The zero-order valence-electron chi connectivity index (χ0n) is 16.5. The molecule has 3 aromatic carbocycles. The summed E-state index contributed by atoms with van der Waals surface area (Å²) < 4.78 is 0. The Morgan fingerprint density at radius 1 is 0.931 bits per heavy atom. The first kappa shape index (κ1) is 19.1. The molecule has 4 heteroatoms. The minimum Gasteiger partial charge on any atom is -0.298 e. The van der Waals surface area contributed by atoms with Crippen LogP contribution in [0.15, 0.2) is 78.2 Å². The SMILES string of the molecule is Cc1ccc(C)c(C(=O)Nc2nc(-c3ccc(Cc4ccccc4)cc3)cs2)c1. The molecular weight excluding hydrogens is 376 g/mol. The zero-order chi connectivity index (χ0) is 20.2. The summed E-state index contributed by atoms with van der Waals surface area (Å²) in [5, 5.41) is 5.52. The van der Waals surface area contributed by atoms with Crippen LogP contribution >= 0.6 is 11.3 Å². The Bertz CT molecular complexity index is 1130. The van der Waals surface area contributed by atoms with Crippen LogP contribution in [0.5, 0.6) is 0 Å². The zero-order valence-corrected chi connectivity index (χ0v) is 17.3. The number of aryl methyl sites for hydroxylation is 2. The van der Waals surface area contributed by atoms with Gasteiger partial charge in [-0.05, 0) is 43.0 Å². The van der Waals surface area contributed by atoms with E-state index in [4.69, 9.17) is 0 Å². The van der Waals surface area contributed by atoms with Gasteiger partial charge in [0.25, 0.3) is 5.91 Å². The molecule has 1 aromatic heterocycles. The van der Waals surface area contributed by atoms with E-state index in [1.54, 1.807) is 0 Å². The van der Waals surface area contributed by atoms with Crippen molar-refractivity contribution in [2.24, 2.45) is 0 Å². The molecule has 1 heterocycles. The molecule has 0 aliphatic carbocycles. The predicted octanol–water partition coefficient (Wildman–Crippen LogP) is 6.27. The van der Waals surface area contributed by atoms with E-state index in [1.807, 2.05) is 43.5 Å². The van der Waals surface area contributed by atoms with Gasteiger partial charge in [0.2, 0.25) is 0 Å². The number of carbonyl (C=O) groups excluding carboxylic acids is 1. The Morgan fingerprint density at radius 3 is 2.41 bits per heavy atom. The Balaban J connectivity index is 1.46. The van der Waals surface area contributed by atoms with Gasteiger partial charge in [0.05, 0.1) is 5.69 Å². The molecule has 0 bridgehead atoms. The van der Waals surface area contributed by atoms with Crippen molar-refractivity contribution in [1.82, 2.24) is 4.98 Å². The second-order valence-electron chi connectivity index (χ2n) is 7.17. The van der Waals surface area contributed by atoms with Crippen LogP contribution in [-0.2, 0) is 6.42 Å². The van der Waals surface area contributed by atoms with Gasteiger partial charge >= 0.3 is 0 Å². The minimum atomic E-state index is -0.120. The molecule has 1 amide bonds. The van der Waals surface area contributed by atoms with Crippen molar-refractivity contribution < 1.29 is 4.79 Å². The molecule has 0 fully saturated rings. The summed E-state index contributed by atoms with van der Waals surface area (Å²) in [7, 11) is 0. The lowest BCUT2D eigenvalue weighted by Crippen LogP contribution is -2.13. The molecule has 4 aromatic rings. The number of hydrogen-bond donors (Lipinski definition) is 1. The van der Waals surface area contributed by atoms with Gasteiger partial charge < -0.3 is 0 Å². The fraction of sp³-hybridized carbons (Fsp3) is 0.120. The number of rotatable bonds is 5. The number of benzene rings is 3. The standard InChI is InChI=1S/C25H22N2OS/c1-17-8-9-18(2)22(14-17)24(28)27-25-26-23(16-29-25)21-12-10-20(11-13-21)15-19-6-4-3-5-7-19/h3-14,16H,15H2,1-2H3,(H,26,27,28). The van der Waals surface area contributed by atoms with Crippen molar-refractivity contribution in [3.63, 3.8) is 0 Å². The normalized spacial score (nSPS) is 10.7. The van der Waals surface area contributed by atoms with Crippen molar-refractivity contribution in [3.05, 3.63) is 106 Å². The van der Waals surface area contributed by atoms with Crippen LogP contribution in [0, 0.1) is 13.8 Å². The number of nitrogens with zero attached hydrogens (tertiary/aromatic N) is 1. The van der Waals surface area contributed by atoms with E-state index in [0.717, 1.165) is 28.8 Å². The molecule has 144 valence electrons. The topological polar surface area (TPSA) is 42.0 Å². The first-order chi connectivity index (χ1) is 14.1. The Labute approximate surface area is 175 Å². The number of hydrogen-bond acceptors (Lipinski definition) is 3. The number of nitrogens with one attached hydrogen (secondary N) is 1. The van der Waals surface area contributed by atoms with Crippen molar-refractivity contribution in [1.29, 1.82) is 0 Å². The monoisotopic (exact) mass is 398 g/mol. The van der Waals surface area contributed by atoms with Gasteiger partial charge in [0, 0.05) is 16.5 Å². The fourth-order valence-corrected chi connectivity index (χ4v) is 3.95. The first-order valence-corrected chi connectivity index (χ1v) is 10.4. The van der Waals surface area contributed by atoms with Crippen LogP contribution in [0.1, 0.15) is 32.6 Å². The lowest BCUT2D eigenvalue weighted by molar-refractivity contribution is 0.102. The van der Waals surface area contributed by atoms with Crippen LogP contribution < -0.4 is 5.32 Å². The lowest BCUT2D eigenvalue weighted by atomic mass is 10.0. The number of carbonyl (C=O) groups is 1. The third-order valence-electron chi connectivity index (χ3n) is 4.86. The smallest absolute Gasteiger partial charge is 0.257 e. The van der Waals surface area contributed by atoms with Gasteiger partial charge in [-0.2, -0.15) is 0 Å². The maximum Gasteiger partial charge on any atom is 0.257 e. The van der Waals surface area contributed by atoms with Gasteiger partial charge in [-0.15, -0.1) is 11.3 Å². The van der Waals surface area contributed by atoms with E-state index in [1.165, 1.54) is 22.5 Å². The second kappa shape index (κ2) is 8.41. The highest BCUT2D eigenvalue weighted by molar-refractivity contribution is 7.14. The molecule has 1 N–H and O–H groups in total. The molecule has 0 spiro atoms. The summed E-state index contributed by atoms with van der Waals surface area (Å²) in [5.41, 5.74) is 7.19. The van der Waals surface area contributed by atoms with Gasteiger partial charge in [0.15, 0.2) is 5.13 Å². The molecule has 3 nitrogen and oxygen atoms in total. The summed E-state index contributed by atoms with van der Waals surface area (Å²) in [4.78, 5) is 17.2. The van der Waals surface area contributed by atoms with E-state index >= 15 is 0 Å². The number of aromatic nitrogens is 1. The van der Waals surface area contributed by atoms with E-state index < -0.39 is 0 Å². The number of amides is 1. The molecular formula is C25H22N2OS. The number of anilines is 1. The third kappa shape index (κ3) is 4.61. The Hall–Kier alpha value is -3.24. The highest BCUT2D eigenvalue weighted by Crippen LogP contribution is 2.26. The minimum absolute atomic E-state index is 0.120. The van der Waals surface area contributed by atoms with Crippen molar-refractivity contribution in [3.8, 4) is 11.3 Å². The number of thiazole rings is 1. The second-order valence-corrected chi connectivity index (χ2v) is 8.03. The van der Waals surface area contributed by atoms with Crippen LogP contribution in [0.3, 0.4) is 0 Å². The van der Waals surface area contributed by atoms with E-state index in [0.29, 0.717) is 10.7 Å². The summed E-state index contributed by atoms with van der Waals surface area (Å²) in [6, 6.07) is 24.8. The molecule has 0 radical (unpaired) electrons. The molecule has 0 saturated heterocycles. The summed E-state index contributed by atoms with van der Waals surface area (Å²) in [6.07, 6.45) is 0.912. The van der Waals surface area contributed by atoms with E-state index in [2.05, 4.69) is 58.8 Å². The molecule has 0 unspecified atom stereocenters. The Morgan fingerprint density at radius 2 is 1.66 bits per heavy atom. The van der Waals surface area contributed by atoms with Crippen LogP contribution in [0.25, 0.3) is 11.3 Å². The molecule has 29 heavy (non-hydrogen) atoms. The summed E-state index contributed by atoms with van der Waals surface area (Å²) in [5.74, 6) is -0.120. The largest absolute Gasteiger partial charge is 0.298 e. The maximum atomic E-state index is 12.6. The molecule has 0 aliphatic heterocycles. The quantitative estimate of drug-likeness (QED) is 0.430. The van der Waals surface area contributed by atoms with Crippen molar-refractivity contribution >= 4 is 22.4 Å². The summed E-state index contributed by atoms with van der Waals surface area (Å²) >= 11 is 1.44. The van der Waals surface area contributed by atoms with Gasteiger partial charge in [-0.3, -0.25) is 10.1 Å². The highest BCUT2D eigenvalue weighted by Gasteiger charge is 2.12. The van der Waals surface area contributed by atoms with Crippen LogP contribution in [0.4, 0.5) is 5.13 Å². The van der Waals surface area contributed by atoms with Crippen LogP contribution in [-0.4, -0.2) is 10.9 Å². The maximum absolute atomic E-state index is 12.6. The third-order valence-corrected chi connectivity index (χ3v) is 5.62. The van der Waals surface area contributed by atoms with Gasteiger partial charge in [0.1, 0.15) is 0 Å². The molecule has 0 aliphatic rings. The highest BCUT2D eigenvalue weighted by atomic mass is 32.1. The Kier molecular flexibility index (Phi) is 5.54. The molecule has 0 saturated carbocycles. The fourth-order valence-electron chi connectivity index (χ4n) is 3.23. The van der Waals surface area contributed by atoms with E-state index in [-0.39, 0.29) is 5.91 Å². The first-order valence-electron chi connectivity index (χ1n) is 9.56. The van der Waals surface area contributed by atoms with Gasteiger partial charge in [-0.1, -0.05) is 72.3 Å². The summed E-state index contributed by atoms with van der Waals surface area (Å²) in [6.45, 7) is 3.93. The van der Waals surface area contributed by atoms with Crippen LogP contribution in [0.2, 0.25) is 0 Å². The average Bonchev–Trinajstić information content (AvgIpc) is 3.19. The van der Waals surface area contributed by atoms with Crippen molar-refractivity contribution in [2.45, 2.75) is 20.3 Å². The predicted molar refractivity (Wildman–Crippen MR) is 121 cm³/mol. The van der Waals surface area contributed by atoms with E-state index in [9.17, 15) is 4.79 Å². The van der Waals surface area contributed by atoms with Gasteiger partial charge in [-0.25, -0.2) is 4.98 Å².